The Kier molecular flexibility index (Phi) is 5.68. The molecular weight excluding hydrogens is 334 g/mol. The van der Waals surface area contributed by atoms with Crippen molar-refractivity contribution in [2.75, 3.05) is 11.0 Å². The Hall–Kier alpha value is -1.99. The first-order chi connectivity index (χ1) is 10.9. The van der Waals surface area contributed by atoms with Crippen molar-refractivity contribution in [1.29, 1.82) is 0 Å². The summed E-state index contributed by atoms with van der Waals surface area (Å²) in [6.07, 6.45) is 2.14. The first-order valence-electron chi connectivity index (χ1n) is 6.86. The van der Waals surface area contributed by atoms with Gasteiger partial charge in [-0.3, -0.25) is 4.72 Å². The second-order valence-corrected chi connectivity index (χ2v) is 7.42. The van der Waals surface area contributed by atoms with Crippen molar-refractivity contribution in [2.24, 2.45) is 0 Å². The predicted molar refractivity (Wildman–Crippen MR) is 88.8 cm³/mol. The number of aliphatic carboxylic acids is 1. The van der Waals surface area contributed by atoms with Gasteiger partial charge in [0, 0.05) is 16.6 Å². The minimum atomic E-state index is -3.67. The zero-order valence-electron chi connectivity index (χ0n) is 12.5. The van der Waals surface area contributed by atoms with Gasteiger partial charge in [-0.25, -0.2) is 8.42 Å². The van der Waals surface area contributed by atoms with Crippen molar-refractivity contribution in [2.45, 2.75) is 22.6 Å². The van der Waals surface area contributed by atoms with Crippen molar-refractivity contribution >= 4 is 33.4 Å². The molecule has 0 heterocycles. The van der Waals surface area contributed by atoms with Gasteiger partial charge in [-0.15, -0.1) is 11.8 Å². The summed E-state index contributed by atoms with van der Waals surface area (Å²) in [4.78, 5) is 11.5. The number of thioether (sulfide) groups is 1. The summed E-state index contributed by atoms with van der Waals surface area (Å²) in [6.45, 7) is 0. The van der Waals surface area contributed by atoms with Crippen molar-refractivity contribution in [1.82, 2.24) is 0 Å². The second kappa shape index (κ2) is 7.52. The number of carbonyl (C=O) groups excluding carboxylic acids is 1. The van der Waals surface area contributed by atoms with Gasteiger partial charge in [-0.1, -0.05) is 18.2 Å². The molecule has 0 unspecified atom stereocenters. The molecule has 0 aliphatic carbocycles. The quantitative estimate of drug-likeness (QED) is 0.771. The van der Waals surface area contributed by atoms with E-state index in [0.29, 0.717) is 12.1 Å². The lowest BCUT2D eigenvalue weighted by molar-refractivity contribution is -0.305. The summed E-state index contributed by atoms with van der Waals surface area (Å²) in [5.74, 6) is -1.13. The number of carboxylic acids is 1. The van der Waals surface area contributed by atoms with Crippen LogP contribution >= 0.6 is 11.8 Å². The molecule has 0 saturated carbocycles. The molecule has 1 N–H and O–H groups in total. The summed E-state index contributed by atoms with van der Waals surface area (Å²) in [5, 5.41) is 10.4. The van der Waals surface area contributed by atoms with Crippen LogP contribution in [0.4, 0.5) is 5.69 Å². The number of aryl methyl sites for hydroxylation is 1. The minimum absolute atomic E-state index is 0.0914. The van der Waals surface area contributed by atoms with Crippen LogP contribution in [0, 0.1) is 0 Å². The first-order valence-corrected chi connectivity index (χ1v) is 9.57. The topological polar surface area (TPSA) is 86.3 Å². The van der Waals surface area contributed by atoms with E-state index in [9.17, 15) is 18.3 Å². The Morgan fingerprint density at radius 3 is 2.48 bits per heavy atom. The van der Waals surface area contributed by atoms with E-state index in [1.165, 1.54) is 23.9 Å². The van der Waals surface area contributed by atoms with Crippen LogP contribution in [0.3, 0.4) is 0 Å². The summed E-state index contributed by atoms with van der Waals surface area (Å²) in [7, 11) is -3.67. The third-order valence-corrected chi connectivity index (χ3v) is 5.30. The van der Waals surface area contributed by atoms with E-state index in [1.54, 1.807) is 30.3 Å². The molecule has 0 amide bonds. The summed E-state index contributed by atoms with van der Waals surface area (Å²) < 4.78 is 27.2. The number of anilines is 1. The number of hydrogen-bond acceptors (Lipinski definition) is 5. The van der Waals surface area contributed by atoms with Crippen LogP contribution in [0.5, 0.6) is 0 Å². The Morgan fingerprint density at radius 1 is 1.17 bits per heavy atom. The maximum atomic E-state index is 12.4. The molecule has 5 nitrogen and oxygen atoms in total. The zero-order chi connectivity index (χ0) is 16.9. The third-order valence-electron chi connectivity index (χ3n) is 3.17. The molecule has 0 atom stereocenters. The third kappa shape index (κ3) is 5.01. The minimum Gasteiger partial charge on any atom is -0.550 e. The predicted octanol–water partition coefficient (Wildman–Crippen LogP) is 1.89. The number of rotatable bonds is 7. The molecule has 7 heteroatoms. The lowest BCUT2D eigenvalue weighted by atomic mass is 10.1. The Bertz CT molecular complexity index is 786. The normalized spacial score (nSPS) is 11.2. The highest BCUT2D eigenvalue weighted by Gasteiger charge is 2.14. The van der Waals surface area contributed by atoms with Gasteiger partial charge in [0.25, 0.3) is 10.0 Å². The van der Waals surface area contributed by atoms with Gasteiger partial charge < -0.3 is 9.90 Å². The van der Waals surface area contributed by atoms with E-state index in [4.69, 9.17) is 0 Å². The molecule has 23 heavy (non-hydrogen) atoms. The van der Waals surface area contributed by atoms with E-state index in [1.807, 2.05) is 12.3 Å². The standard InChI is InChI=1S/C16H17NO4S2/c1-22-14-4-2-3-13(11-14)17-23(20,21)15-8-5-12(6-9-15)7-10-16(18)19/h2-6,8-9,11,17H,7,10H2,1H3,(H,18,19)/p-1. The Balaban J connectivity index is 2.14. The van der Waals surface area contributed by atoms with Gasteiger partial charge in [-0.05, 0) is 55.0 Å². The Morgan fingerprint density at radius 2 is 1.87 bits per heavy atom. The van der Waals surface area contributed by atoms with Gasteiger partial charge >= 0.3 is 0 Å². The van der Waals surface area contributed by atoms with Gasteiger partial charge in [0.1, 0.15) is 0 Å². The fraction of sp³-hybridized carbons (Fsp3) is 0.188. The van der Waals surface area contributed by atoms with Crippen LogP contribution in [-0.4, -0.2) is 20.6 Å². The molecule has 0 aliphatic heterocycles. The van der Waals surface area contributed by atoms with E-state index in [-0.39, 0.29) is 11.3 Å². The second-order valence-electron chi connectivity index (χ2n) is 4.85. The van der Waals surface area contributed by atoms with Gasteiger partial charge in [0.2, 0.25) is 0 Å². The van der Waals surface area contributed by atoms with E-state index in [0.717, 1.165) is 10.5 Å². The van der Waals surface area contributed by atoms with Gasteiger partial charge in [0.05, 0.1) is 4.90 Å². The molecule has 0 radical (unpaired) electrons. The van der Waals surface area contributed by atoms with Crippen LogP contribution in [-0.2, 0) is 21.2 Å². The molecule has 0 spiro atoms. The van der Waals surface area contributed by atoms with Crippen LogP contribution in [0.2, 0.25) is 0 Å². The van der Waals surface area contributed by atoms with Gasteiger partial charge in [0.15, 0.2) is 0 Å². The van der Waals surface area contributed by atoms with Crippen LogP contribution in [0.25, 0.3) is 0 Å². The van der Waals surface area contributed by atoms with Crippen molar-refractivity contribution in [3.8, 4) is 0 Å². The van der Waals surface area contributed by atoms with E-state index in [2.05, 4.69) is 4.72 Å². The van der Waals surface area contributed by atoms with Crippen LogP contribution < -0.4 is 9.83 Å². The average Bonchev–Trinajstić information content (AvgIpc) is 2.53. The van der Waals surface area contributed by atoms with Crippen molar-refractivity contribution < 1.29 is 18.3 Å². The SMILES string of the molecule is CSc1cccc(NS(=O)(=O)c2ccc(CCC(=O)[O-])cc2)c1. The van der Waals surface area contributed by atoms with E-state index >= 15 is 0 Å². The number of hydrogen-bond donors (Lipinski definition) is 1. The zero-order valence-corrected chi connectivity index (χ0v) is 14.1. The molecule has 0 fully saturated rings. The smallest absolute Gasteiger partial charge is 0.261 e. The molecule has 122 valence electrons. The molecule has 0 bridgehead atoms. The summed E-state index contributed by atoms with van der Waals surface area (Å²) >= 11 is 1.53. The molecule has 2 aromatic rings. The van der Waals surface area contributed by atoms with Crippen molar-refractivity contribution in [3.05, 3.63) is 54.1 Å². The van der Waals surface area contributed by atoms with Crippen molar-refractivity contribution in [3.63, 3.8) is 0 Å². The number of carboxylic acid groups (broad SMARTS) is 1. The first kappa shape index (κ1) is 17.4. The largest absolute Gasteiger partial charge is 0.550 e. The van der Waals surface area contributed by atoms with Gasteiger partial charge in [-0.2, -0.15) is 0 Å². The number of sulfonamides is 1. The maximum absolute atomic E-state index is 12.4. The fourth-order valence-corrected chi connectivity index (χ4v) is 3.49. The molecular formula is C16H16NO4S2-. The number of nitrogens with one attached hydrogen (secondary N) is 1. The monoisotopic (exact) mass is 350 g/mol. The molecule has 0 saturated heterocycles. The molecule has 2 aromatic carbocycles. The number of benzene rings is 2. The highest BCUT2D eigenvalue weighted by atomic mass is 32.2. The molecule has 0 aromatic heterocycles. The molecule has 2 rings (SSSR count). The highest BCUT2D eigenvalue weighted by molar-refractivity contribution is 7.98. The lowest BCUT2D eigenvalue weighted by Crippen LogP contribution is -2.22. The molecule has 0 aliphatic rings. The highest BCUT2D eigenvalue weighted by Crippen LogP contribution is 2.22. The van der Waals surface area contributed by atoms with E-state index < -0.39 is 16.0 Å². The number of carbonyl (C=O) groups is 1. The fourth-order valence-electron chi connectivity index (χ4n) is 1.98. The maximum Gasteiger partial charge on any atom is 0.261 e. The summed E-state index contributed by atoms with van der Waals surface area (Å²) in [6, 6.07) is 13.3. The Labute approximate surface area is 139 Å². The lowest BCUT2D eigenvalue weighted by Gasteiger charge is -2.10. The summed E-state index contributed by atoms with van der Waals surface area (Å²) in [5.41, 5.74) is 1.25. The average molecular weight is 350 g/mol. The van der Waals surface area contributed by atoms with Crippen LogP contribution in [0.15, 0.2) is 58.3 Å². The van der Waals surface area contributed by atoms with Crippen LogP contribution in [0.1, 0.15) is 12.0 Å².